The quantitative estimate of drug-likeness (QED) is 0.128. The number of hydrogen-bond donors (Lipinski definition) is 1. The number of alkyl halides is 9. The molecule has 1 saturated carbocycles. The molecule has 0 amide bonds. The first-order valence-corrected chi connectivity index (χ1v) is 18.0. The number of thioether (sulfide) groups is 1. The summed E-state index contributed by atoms with van der Waals surface area (Å²) in [4.78, 5) is 22.8. The predicted molar refractivity (Wildman–Crippen MR) is 183 cm³/mol. The number of ether oxygens (including phenoxy) is 1. The normalized spacial score (nSPS) is 17.5. The minimum atomic E-state index is -5.14. The maximum Gasteiger partial charge on any atom is 0.416 e. The number of aliphatic carboxylic acids is 1. The van der Waals surface area contributed by atoms with E-state index in [1.807, 2.05) is 11.8 Å². The molecule has 1 heterocycles. The highest BCUT2D eigenvalue weighted by Gasteiger charge is 2.38. The molecule has 3 aromatic rings. The van der Waals surface area contributed by atoms with Crippen LogP contribution in [0.3, 0.4) is 0 Å². The molecule has 0 bridgehead atoms. The molecule has 1 fully saturated rings. The van der Waals surface area contributed by atoms with Crippen LogP contribution in [0.25, 0.3) is 0 Å². The molecule has 0 saturated heterocycles. The monoisotopic (exact) mass is 778 g/mol. The maximum atomic E-state index is 14.1. The van der Waals surface area contributed by atoms with E-state index in [9.17, 15) is 49.4 Å². The molecule has 2 aromatic carbocycles. The zero-order valence-electron chi connectivity index (χ0n) is 29.0. The lowest BCUT2D eigenvalue weighted by Crippen LogP contribution is -2.34. The lowest BCUT2D eigenvalue weighted by Gasteiger charge is -2.36. The molecule has 1 aliphatic carbocycles. The highest BCUT2D eigenvalue weighted by atomic mass is 32.2. The molecule has 1 N–H and O–H groups in total. The van der Waals surface area contributed by atoms with Crippen molar-refractivity contribution in [1.82, 2.24) is 9.97 Å². The molecule has 0 radical (unpaired) electrons. The van der Waals surface area contributed by atoms with E-state index < -0.39 is 59.3 Å². The summed E-state index contributed by atoms with van der Waals surface area (Å²) in [6.45, 7) is 3.49. The van der Waals surface area contributed by atoms with Gasteiger partial charge in [-0.3, -0.25) is 4.79 Å². The second-order valence-electron chi connectivity index (χ2n) is 12.9. The summed E-state index contributed by atoms with van der Waals surface area (Å²) >= 11 is 1.34. The first-order chi connectivity index (χ1) is 24.8. The van der Waals surface area contributed by atoms with E-state index >= 15 is 0 Å². The number of rotatable bonds is 14. The molecular formula is C36H39F9N4O3S. The van der Waals surface area contributed by atoms with Crippen molar-refractivity contribution in [3.05, 3.63) is 88.3 Å². The number of aromatic nitrogens is 2. The van der Waals surface area contributed by atoms with Crippen LogP contribution in [0.15, 0.2) is 60.5 Å². The summed E-state index contributed by atoms with van der Waals surface area (Å²) < 4.78 is 131. The lowest BCUT2D eigenvalue weighted by atomic mass is 9.80. The molecule has 17 heteroatoms. The zero-order valence-corrected chi connectivity index (χ0v) is 29.8. The van der Waals surface area contributed by atoms with E-state index in [0.717, 1.165) is 12.1 Å². The predicted octanol–water partition coefficient (Wildman–Crippen LogP) is 10.6. The summed E-state index contributed by atoms with van der Waals surface area (Å²) in [5, 5.41) is 10.8. The molecule has 290 valence electrons. The number of benzene rings is 2. The zero-order chi connectivity index (χ0) is 39.1. The molecule has 1 aromatic heterocycles. The highest BCUT2D eigenvalue weighted by molar-refractivity contribution is 8.01. The third kappa shape index (κ3) is 11.4. The van der Waals surface area contributed by atoms with Crippen LogP contribution in [0.5, 0.6) is 5.75 Å². The number of hydrogen-bond acceptors (Lipinski definition) is 7. The lowest BCUT2D eigenvalue weighted by molar-refractivity contribution is -0.143. The van der Waals surface area contributed by atoms with Gasteiger partial charge >= 0.3 is 24.5 Å². The minimum Gasteiger partial charge on any atom is -0.481 e. The fraction of sp³-hybridized carbons (Fsp3) is 0.472. The van der Waals surface area contributed by atoms with Gasteiger partial charge in [0, 0.05) is 37.2 Å². The van der Waals surface area contributed by atoms with Gasteiger partial charge in [-0.25, -0.2) is 9.97 Å². The van der Waals surface area contributed by atoms with E-state index in [1.165, 1.54) is 48.3 Å². The van der Waals surface area contributed by atoms with E-state index in [1.54, 1.807) is 11.7 Å². The van der Waals surface area contributed by atoms with E-state index in [0.29, 0.717) is 56.6 Å². The van der Waals surface area contributed by atoms with Gasteiger partial charge in [-0.05, 0) is 105 Å². The number of carbonyl (C=O) groups is 1. The van der Waals surface area contributed by atoms with Crippen LogP contribution in [0.1, 0.15) is 79.8 Å². The molecule has 4 rings (SSSR count). The Bertz CT molecular complexity index is 1680. The number of nitrogens with zero attached hydrogens (tertiary/aromatic N) is 4. The van der Waals surface area contributed by atoms with Crippen molar-refractivity contribution in [3.63, 3.8) is 0 Å². The molecular weight excluding hydrogens is 739 g/mol. The number of carboxylic acids is 1. The van der Waals surface area contributed by atoms with Gasteiger partial charge in [0.2, 0.25) is 5.95 Å². The maximum absolute atomic E-state index is 14.1. The number of carboxylic acid groups (broad SMARTS) is 1. The van der Waals surface area contributed by atoms with Crippen LogP contribution < -0.4 is 14.5 Å². The second kappa shape index (κ2) is 17.3. The summed E-state index contributed by atoms with van der Waals surface area (Å²) in [7, 11) is 0. The van der Waals surface area contributed by atoms with Gasteiger partial charge in [-0.2, -0.15) is 39.5 Å². The van der Waals surface area contributed by atoms with Crippen molar-refractivity contribution in [2.24, 2.45) is 11.8 Å². The van der Waals surface area contributed by atoms with Crippen LogP contribution in [0.2, 0.25) is 0 Å². The SMILES string of the molecule is CCN(CC1CCC(CC(=O)O)CC1)c1ccc(C(F)(F)F)cc1CN(c1ncc(O/C=C/SC)cn1)C(C)c1cc(C(F)(F)F)cc(C(F)(F)F)c1. The van der Waals surface area contributed by atoms with Gasteiger partial charge in [-0.15, -0.1) is 11.8 Å². The van der Waals surface area contributed by atoms with Crippen LogP contribution in [-0.4, -0.2) is 40.4 Å². The Morgan fingerprint density at radius 1 is 0.906 bits per heavy atom. The van der Waals surface area contributed by atoms with E-state index in [2.05, 4.69) is 9.97 Å². The van der Waals surface area contributed by atoms with Crippen LogP contribution >= 0.6 is 11.8 Å². The largest absolute Gasteiger partial charge is 0.481 e. The van der Waals surface area contributed by atoms with Gasteiger partial charge in [0.25, 0.3) is 0 Å². The Labute approximate surface area is 305 Å². The molecule has 1 unspecified atom stereocenters. The third-order valence-electron chi connectivity index (χ3n) is 9.21. The van der Waals surface area contributed by atoms with Gasteiger partial charge < -0.3 is 19.6 Å². The van der Waals surface area contributed by atoms with Crippen molar-refractivity contribution in [3.8, 4) is 5.75 Å². The van der Waals surface area contributed by atoms with Crippen LogP contribution in [-0.2, 0) is 29.9 Å². The first kappa shape index (κ1) is 41.6. The summed E-state index contributed by atoms with van der Waals surface area (Å²) in [6, 6.07) is 2.98. The van der Waals surface area contributed by atoms with E-state index in [-0.39, 0.29) is 41.6 Å². The average molecular weight is 779 g/mol. The molecule has 1 atom stereocenters. The van der Waals surface area contributed by atoms with Gasteiger partial charge in [0.15, 0.2) is 5.75 Å². The summed E-state index contributed by atoms with van der Waals surface area (Å²) in [6.07, 6.45) is -6.63. The van der Waals surface area contributed by atoms with Crippen molar-refractivity contribution in [2.75, 3.05) is 29.1 Å². The van der Waals surface area contributed by atoms with Crippen molar-refractivity contribution in [1.29, 1.82) is 0 Å². The molecule has 0 aliphatic heterocycles. The van der Waals surface area contributed by atoms with Gasteiger partial charge in [-0.1, -0.05) is 0 Å². The third-order valence-corrected chi connectivity index (χ3v) is 9.59. The molecule has 53 heavy (non-hydrogen) atoms. The van der Waals surface area contributed by atoms with E-state index in [4.69, 9.17) is 4.74 Å². The van der Waals surface area contributed by atoms with Gasteiger partial charge in [0.1, 0.15) is 0 Å². The topological polar surface area (TPSA) is 78.8 Å². The van der Waals surface area contributed by atoms with Gasteiger partial charge in [0.05, 0.1) is 41.4 Å². The molecule has 0 spiro atoms. The first-order valence-electron chi connectivity index (χ1n) is 16.7. The smallest absolute Gasteiger partial charge is 0.416 e. The summed E-state index contributed by atoms with van der Waals surface area (Å²) in [5.74, 6) is -0.780. The summed E-state index contributed by atoms with van der Waals surface area (Å²) in [5.41, 5.74) is -4.05. The minimum absolute atomic E-state index is 0.00444. The Hall–Kier alpha value is -4.15. The Balaban J connectivity index is 1.81. The highest BCUT2D eigenvalue weighted by Crippen LogP contribution is 2.41. The Morgan fingerprint density at radius 2 is 1.47 bits per heavy atom. The van der Waals surface area contributed by atoms with Crippen molar-refractivity contribution in [2.45, 2.75) is 77.1 Å². The standard InChI is InChI=1S/C36H39F9N4O3S/c1-4-48(20-24-7-5-23(6-8-24)13-32(50)51)31-10-9-27(34(37,38)39)16-26(31)21-49(33-46-18-30(19-47-33)52-11-12-53-3)22(2)25-14-28(35(40,41)42)17-29(15-25)36(43,44)45/h9-12,14-19,22-24H,4-8,13,20-21H2,1-3H3,(H,50,51)/b12-11+. The number of anilines is 2. The van der Waals surface area contributed by atoms with Crippen molar-refractivity contribution < 1.29 is 54.2 Å². The fourth-order valence-electron chi connectivity index (χ4n) is 6.42. The fourth-order valence-corrected chi connectivity index (χ4v) is 6.58. The number of halogens is 9. The van der Waals surface area contributed by atoms with Crippen LogP contribution in [0, 0.1) is 11.8 Å². The average Bonchev–Trinajstić information content (AvgIpc) is 3.09. The second-order valence-corrected chi connectivity index (χ2v) is 13.6. The van der Waals surface area contributed by atoms with Crippen LogP contribution in [0.4, 0.5) is 51.1 Å². The Kier molecular flexibility index (Phi) is 13.6. The molecule has 1 aliphatic rings. The van der Waals surface area contributed by atoms with Crippen molar-refractivity contribution >= 4 is 29.4 Å². The Morgan fingerprint density at radius 3 is 1.98 bits per heavy atom. The molecule has 7 nitrogen and oxygen atoms in total.